The number of methoxy groups -OCH3 is 1. The van der Waals surface area contributed by atoms with Crippen molar-refractivity contribution in [3.8, 4) is 11.5 Å². The molecule has 174 valence electrons. The van der Waals surface area contributed by atoms with E-state index in [9.17, 15) is 9.59 Å². The van der Waals surface area contributed by atoms with Gasteiger partial charge in [-0.3, -0.25) is 14.3 Å². The van der Waals surface area contributed by atoms with Crippen molar-refractivity contribution in [3.63, 3.8) is 0 Å². The second-order valence-electron chi connectivity index (χ2n) is 7.86. The first-order chi connectivity index (χ1) is 15.8. The van der Waals surface area contributed by atoms with Gasteiger partial charge in [0, 0.05) is 29.7 Å². The fraction of sp³-hybridized carbons (Fsp3) is 0.292. The molecule has 0 radical (unpaired) electrons. The zero-order valence-corrected chi connectivity index (χ0v) is 19.8. The van der Waals surface area contributed by atoms with E-state index in [2.05, 4.69) is 15.7 Å². The first kappa shape index (κ1) is 24.1. The SMILES string of the molecule is COc1ccc(C(=O)Nc2cnn(C)c2C(=O)NCC(C)C)cc1COc1ccc(Cl)cc1. The lowest BCUT2D eigenvalue weighted by Gasteiger charge is -2.13. The van der Waals surface area contributed by atoms with Gasteiger partial charge in [0.25, 0.3) is 11.8 Å². The van der Waals surface area contributed by atoms with E-state index in [0.717, 1.165) is 0 Å². The fourth-order valence-electron chi connectivity index (χ4n) is 3.10. The minimum atomic E-state index is -0.378. The van der Waals surface area contributed by atoms with Crippen LogP contribution in [-0.2, 0) is 13.7 Å². The molecule has 3 aromatic rings. The van der Waals surface area contributed by atoms with Gasteiger partial charge in [-0.1, -0.05) is 25.4 Å². The van der Waals surface area contributed by atoms with Gasteiger partial charge in [0.1, 0.15) is 23.8 Å². The van der Waals surface area contributed by atoms with Gasteiger partial charge < -0.3 is 20.1 Å². The molecule has 2 amide bonds. The molecule has 0 spiro atoms. The first-order valence-electron chi connectivity index (χ1n) is 10.4. The highest BCUT2D eigenvalue weighted by atomic mass is 35.5. The molecule has 0 atom stereocenters. The Morgan fingerprint density at radius 2 is 1.85 bits per heavy atom. The van der Waals surface area contributed by atoms with Crippen molar-refractivity contribution in [1.29, 1.82) is 0 Å². The maximum Gasteiger partial charge on any atom is 0.271 e. The van der Waals surface area contributed by atoms with Gasteiger partial charge in [-0.15, -0.1) is 0 Å². The van der Waals surface area contributed by atoms with Crippen molar-refractivity contribution in [3.05, 3.63) is 70.5 Å². The number of aromatic nitrogens is 2. The smallest absolute Gasteiger partial charge is 0.271 e. The van der Waals surface area contributed by atoms with E-state index < -0.39 is 0 Å². The highest BCUT2D eigenvalue weighted by Gasteiger charge is 2.20. The Balaban J connectivity index is 1.76. The number of halogens is 1. The molecule has 1 heterocycles. The van der Waals surface area contributed by atoms with Crippen LogP contribution in [0.25, 0.3) is 0 Å². The number of amides is 2. The average Bonchev–Trinajstić information content (AvgIpc) is 3.16. The van der Waals surface area contributed by atoms with E-state index in [4.69, 9.17) is 21.1 Å². The molecule has 0 saturated heterocycles. The van der Waals surface area contributed by atoms with E-state index in [-0.39, 0.29) is 24.1 Å². The largest absolute Gasteiger partial charge is 0.496 e. The topological polar surface area (TPSA) is 94.5 Å². The van der Waals surface area contributed by atoms with Crippen LogP contribution in [0.3, 0.4) is 0 Å². The van der Waals surface area contributed by atoms with E-state index in [1.54, 1.807) is 56.6 Å². The number of nitrogens with zero attached hydrogens (tertiary/aromatic N) is 2. The summed E-state index contributed by atoms with van der Waals surface area (Å²) in [4.78, 5) is 25.5. The zero-order chi connectivity index (χ0) is 24.0. The van der Waals surface area contributed by atoms with Gasteiger partial charge >= 0.3 is 0 Å². The number of aryl methyl sites for hydroxylation is 1. The molecule has 2 N–H and O–H groups in total. The van der Waals surface area contributed by atoms with Gasteiger partial charge in [-0.05, 0) is 48.4 Å². The summed E-state index contributed by atoms with van der Waals surface area (Å²) in [7, 11) is 3.21. The number of carbonyl (C=O) groups excluding carboxylic acids is 2. The monoisotopic (exact) mass is 470 g/mol. The number of hydrogen-bond donors (Lipinski definition) is 2. The summed E-state index contributed by atoms with van der Waals surface area (Å²) >= 11 is 5.91. The van der Waals surface area contributed by atoms with Crippen molar-refractivity contribution < 1.29 is 19.1 Å². The summed E-state index contributed by atoms with van der Waals surface area (Å²) < 4.78 is 12.6. The Morgan fingerprint density at radius 3 is 2.52 bits per heavy atom. The summed E-state index contributed by atoms with van der Waals surface area (Å²) in [6.07, 6.45) is 1.45. The van der Waals surface area contributed by atoms with Crippen LogP contribution in [-0.4, -0.2) is 35.2 Å². The van der Waals surface area contributed by atoms with E-state index in [1.807, 2.05) is 13.8 Å². The molecule has 0 fully saturated rings. The van der Waals surface area contributed by atoms with Crippen LogP contribution in [0.15, 0.2) is 48.7 Å². The maximum atomic E-state index is 13.0. The molecule has 9 heteroatoms. The van der Waals surface area contributed by atoms with Crippen LogP contribution in [0.1, 0.15) is 40.3 Å². The molecule has 3 rings (SSSR count). The molecule has 0 aliphatic rings. The van der Waals surface area contributed by atoms with Gasteiger partial charge in [-0.2, -0.15) is 5.10 Å². The van der Waals surface area contributed by atoms with Crippen LogP contribution in [0.4, 0.5) is 5.69 Å². The molecule has 8 nitrogen and oxygen atoms in total. The molecule has 0 aliphatic carbocycles. The summed E-state index contributed by atoms with van der Waals surface area (Å²) in [6, 6.07) is 12.0. The predicted molar refractivity (Wildman–Crippen MR) is 127 cm³/mol. The molecule has 1 aromatic heterocycles. The Labute approximate surface area is 197 Å². The molecule has 33 heavy (non-hydrogen) atoms. The molecule has 0 saturated carbocycles. The number of rotatable bonds is 9. The van der Waals surface area contributed by atoms with Crippen molar-refractivity contribution in [1.82, 2.24) is 15.1 Å². The molecular formula is C24H27ClN4O4. The highest BCUT2D eigenvalue weighted by molar-refractivity contribution is 6.30. The third-order valence-corrected chi connectivity index (χ3v) is 5.08. The van der Waals surface area contributed by atoms with Gasteiger partial charge in [0.15, 0.2) is 0 Å². The molecule has 0 unspecified atom stereocenters. The van der Waals surface area contributed by atoms with E-state index in [0.29, 0.717) is 45.8 Å². The van der Waals surface area contributed by atoms with Crippen molar-refractivity contribution >= 4 is 29.1 Å². The van der Waals surface area contributed by atoms with Crippen molar-refractivity contribution in [2.45, 2.75) is 20.5 Å². The van der Waals surface area contributed by atoms with E-state index in [1.165, 1.54) is 10.9 Å². The number of hydrogen-bond acceptors (Lipinski definition) is 5. The molecule has 0 aliphatic heterocycles. The fourth-order valence-corrected chi connectivity index (χ4v) is 3.22. The van der Waals surface area contributed by atoms with Gasteiger partial charge in [0.2, 0.25) is 0 Å². The van der Waals surface area contributed by atoms with Crippen LogP contribution < -0.4 is 20.1 Å². The minimum absolute atomic E-state index is 0.196. The van der Waals surface area contributed by atoms with Crippen LogP contribution >= 0.6 is 11.6 Å². The third kappa shape index (κ3) is 6.26. The quantitative estimate of drug-likeness (QED) is 0.486. The molecule has 2 aromatic carbocycles. The van der Waals surface area contributed by atoms with Gasteiger partial charge in [0.05, 0.1) is 19.0 Å². The Bertz CT molecular complexity index is 1130. The Hall–Kier alpha value is -3.52. The maximum absolute atomic E-state index is 13.0. The predicted octanol–water partition coefficient (Wildman–Crippen LogP) is 4.30. The molecule has 0 bridgehead atoms. The second kappa shape index (κ2) is 10.9. The van der Waals surface area contributed by atoms with E-state index >= 15 is 0 Å². The average molecular weight is 471 g/mol. The lowest BCUT2D eigenvalue weighted by Crippen LogP contribution is -2.30. The second-order valence-corrected chi connectivity index (χ2v) is 8.29. The Kier molecular flexibility index (Phi) is 7.95. The van der Waals surface area contributed by atoms with Crippen LogP contribution in [0.2, 0.25) is 5.02 Å². The number of benzene rings is 2. The number of anilines is 1. The van der Waals surface area contributed by atoms with Crippen LogP contribution in [0, 0.1) is 5.92 Å². The van der Waals surface area contributed by atoms with Crippen LogP contribution in [0.5, 0.6) is 11.5 Å². The zero-order valence-electron chi connectivity index (χ0n) is 19.0. The van der Waals surface area contributed by atoms with Crippen molar-refractivity contribution in [2.24, 2.45) is 13.0 Å². The summed E-state index contributed by atoms with van der Waals surface area (Å²) in [5, 5.41) is 10.4. The van der Waals surface area contributed by atoms with Gasteiger partial charge in [-0.25, -0.2) is 0 Å². The lowest BCUT2D eigenvalue weighted by atomic mass is 10.1. The summed E-state index contributed by atoms with van der Waals surface area (Å²) in [5.74, 6) is 0.856. The number of ether oxygens (including phenoxy) is 2. The normalized spacial score (nSPS) is 10.7. The summed E-state index contributed by atoms with van der Waals surface area (Å²) in [6.45, 7) is 4.72. The molecular weight excluding hydrogens is 444 g/mol. The number of carbonyl (C=O) groups is 2. The minimum Gasteiger partial charge on any atom is -0.496 e. The summed E-state index contributed by atoms with van der Waals surface area (Å²) in [5.41, 5.74) is 1.70. The lowest BCUT2D eigenvalue weighted by molar-refractivity contribution is 0.0940. The first-order valence-corrected chi connectivity index (χ1v) is 10.8. The standard InChI is InChI=1S/C24H27ClN4O4/c1-15(2)12-26-24(31)22-20(13-27-29(22)3)28-23(30)16-5-10-21(32-4)17(11-16)14-33-19-8-6-18(25)7-9-19/h5-11,13,15H,12,14H2,1-4H3,(H,26,31)(H,28,30). The Morgan fingerprint density at radius 1 is 1.12 bits per heavy atom. The highest BCUT2D eigenvalue weighted by Crippen LogP contribution is 2.24. The third-order valence-electron chi connectivity index (χ3n) is 4.82. The number of nitrogens with one attached hydrogen (secondary N) is 2. The van der Waals surface area contributed by atoms with Crippen molar-refractivity contribution in [2.75, 3.05) is 19.0 Å².